The molecule has 0 bridgehead atoms. The van der Waals surface area contributed by atoms with Crippen LogP contribution in [0.15, 0.2) is 18.2 Å². The standard InChI is InChI=1S/C15H22FNO/c1-11(2)15(7-4-8-17-15)10-12-5-6-14(18-3)13(16)9-12/h5-6,9,11,17H,4,7-8,10H2,1-3H3. The maximum atomic E-state index is 13.7. The number of ether oxygens (including phenoxy) is 1. The first-order chi connectivity index (χ1) is 8.57. The van der Waals surface area contributed by atoms with E-state index < -0.39 is 0 Å². The molecule has 1 aromatic carbocycles. The van der Waals surface area contributed by atoms with Gasteiger partial charge in [0, 0.05) is 5.54 Å². The first kappa shape index (κ1) is 13.3. The minimum atomic E-state index is -0.271. The summed E-state index contributed by atoms with van der Waals surface area (Å²) in [6.45, 7) is 5.53. The van der Waals surface area contributed by atoms with Crippen molar-refractivity contribution in [3.8, 4) is 5.75 Å². The molecule has 0 aromatic heterocycles. The van der Waals surface area contributed by atoms with Gasteiger partial charge >= 0.3 is 0 Å². The lowest BCUT2D eigenvalue weighted by atomic mass is 9.80. The summed E-state index contributed by atoms with van der Waals surface area (Å²) in [7, 11) is 1.49. The van der Waals surface area contributed by atoms with Crippen molar-refractivity contribution >= 4 is 0 Å². The second kappa shape index (κ2) is 5.27. The Morgan fingerprint density at radius 3 is 2.72 bits per heavy atom. The highest BCUT2D eigenvalue weighted by molar-refractivity contribution is 5.30. The Kier molecular flexibility index (Phi) is 3.91. The summed E-state index contributed by atoms with van der Waals surface area (Å²) in [5.41, 5.74) is 1.16. The Bertz CT molecular complexity index is 411. The van der Waals surface area contributed by atoms with Crippen LogP contribution in [0, 0.1) is 11.7 Å². The summed E-state index contributed by atoms with van der Waals surface area (Å²) >= 11 is 0. The molecule has 2 nitrogen and oxygen atoms in total. The van der Waals surface area contributed by atoms with Crippen LogP contribution in [0.2, 0.25) is 0 Å². The van der Waals surface area contributed by atoms with E-state index in [1.165, 1.54) is 13.5 Å². The van der Waals surface area contributed by atoms with Gasteiger partial charge in [0.25, 0.3) is 0 Å². The maximum Gasteiger partial charge on any atom is 0.165 e. The summed E-state index contributed by atoms with van der Waals surface area (Å²) in [5.74, 6) is 0.591. The number of rotatable bonds is 4. The third kappa shape index (κ3) is 2.51. The Labute approximate surface area is 109 Å². The van der Waals surface area contributed by atoms with Gasteiger partial charge in [-0.1, -0.05) is 19.9 Å². The molecule has 0 radical (unpaired) electrons. The quantitative estimate of drug-likeness (QED) is 0.887. The van der Waals surface area contributed by atoms with E-state index in [9.17, 15) is 4.39 Å². The molecule has 1 fully saturated rings. The molecule has 0 saturated carbocycles. The Balaban J connectivity index is 2.19. The van der Waals surface area contributed by atoms with Crippen LogP contribution in [0.1, 0.15) is 32.3 Å². The van der Waals surface area contributed by atoms with Crippen LogP contribution in [0.3, 0.4) is 0 Å². The van der Waals surface area contributed by atoms with E-state index >= 15 is 0 Å². The van der Waals surface area contributed by atoms with Crippen LogP contribution in [0.25, 0.3) is 0 Å². The van der Waals surface area contributed by atoms with Gasteiger partial charge in [0.05, 0.1) is 7.11 Å². The second-order valence-corrected chi connectivity index (χ2v) is 5.49. The van der Waals surface area contributed by atoms with E-state index in [0.717, 1.165) is 24.9 Å². The lowest BCUT2D eigenvalue weighted by Crippen LogP contribution is -2.46. The van der Waals surface area contributed by atoms with Crippen molar-refractivity contribution in [2.45, 2.75) is 38.6 Å². The highest BCUT2D eigenvalue weighted by Gasteiger charge is 2.36. The average molecular weight is 251 g/mol. The normalized spacial score (nSPS) is 23.6. The SMILES string of the molecule is COc1ccc(CC2(C(C)C)CCCN2)cc1F. The van der Waals surface area contributed by atoms with Gasteiger partial charge in [-0.05, 0) is 49.4 Å². The molecule has 0 amide bonds. The van der Waals surface area contributed by atoms with Gasteiger partial charge < -0.3 is 10.1 Å². The zero-order chi connectivity index (χ0) is 13.2. The van der Waals surface area contributed by atoms with Crippen molar-refractivity contribution in [2.75, 3.05) is 13.7 Å². The van der Waals surface area contributed by atoms with Crippen molar-refractivity contribution in [2.24, 2.45) is 5.92 Å². The molecule has 1 aliphatic rings. The Morgan fingerprint density at radius 2 is 2.22 bits per heavy atom. The maximum absolute atomic E-state index is 13.7. The molecule has 0 spiro atoms. The van der Waals surface area contributed by atoms with Crippen LogP contribution >= 0.6 is 0 Å². The fourth-order valence-corrected chi connectivity index (χ4v) is 2.86. The predicted octanol–water partition coefficient (Wildman–Crippen LogP) is 3.16. The molecular formula is C15H22FNO. The molecule has 1 aromatic rings. The van der Waals surface area contributed by atoms with Gasteiger partial charge in [0.2, 0.25) is 0 Å². The molecule has 0 aliphatic carbocycles. The van der Waals surface area contributed by atoms with Crippen LogP contribution in [-0.4, -0.2) is 19.2 Å². The van der Waals surface area contributed by atoms with Crippen LogP contribution in [-0.2, 0) is 6.42 Å². The Hall–Kier alpha value is -1.09. The number of hydrogen-bond acceptors (Lipinski definition) is 2. The molecule has 1 N–H and O–H groups in total. The third-order valence-electron chi connectivity index (χ3n) is 4.12. The first-order valence-electron chi connectivity index (χ1n) is 6.65. The van der Waals surface area contributed by atoms with Crippen molar-refractivity contribution < 1.29 is 9.13 Å². The second-order valence-electron chi connectivity index (χ2n) is 5.49. The van der Waals surface area contributed by atoms with E-state index in [2.05, 4.69) is 19.2 Å². The topological polar surface area (TPSA) is 21.3 Å². The minimum absolute atomic E-state index is 0.126. The molecule has 2 rings (SSSR count). The van der Waals surface area contributed by atoms with Gasteiger partial charge in [0.1, 0.15) is 0 Å². The summed E-state index contributed by atoms with van der Waals surface area (Å²) in [6.07, 6.45) is 3.25. The van der Waals surface area contributed by atoms with Gasteiger partial charge in [-0.15, -0.1) is 0 Å². The van der Waals surface area contributed by atoms with Crippen molar-refractivity contribution in [3.63, 3.8) is 0 Å². The van der Waals surface area contributed by atoms with E-state index in [-0.39, 0.29) is 11.4 Å². The number of methoxy groups -OCH3 is 1. The average Bonchev–Trinajstić information content (AvgIpc) is 2.79. The fourth-order valence-electron chi connectivity index (χ4n) is 2.86. The largest absolute Gasteiger partial charge is 0.494 e. The predicted molar refractivity (Wildman–Crippen MR) is 71.5 cm³/mol. The van der Waals surface area contributed by atoms with E-state index in [0.29, 0.717) is 11.7 Å². The summed E-state index contributed by atoms with van der Waals surface area (Å²) in [6, 6.07) is 5.28. The van der Waals surface area contributed by atoms with E-state index in [1.807, 2.05) is 6.07 Å². The van der Waals surface area contributed by atoms with Crippen LogP contribution < -0.4 is 10.1 Å². The summed E-state index contributed by atoms with van der Waals surface area (Å²) in [4.78, 5) is 0. The van der Waals surface area contributed by atoms with E-state index in [1.54, 1.807) is 12.1 Å². The zero-order valence-electron chi connectivity index (χ0n) is 11.4. The Morgan fingerprint density at radius 1 is 1.44 bits per heavy atom. The van der Waals surface area contributed by atoms with Crippen LogP contribution in [0.4, 0.5) is 4.39 Å². The van der Waals surface area contributed by atoms with Crippen LogP contribution in [0.5, 0.6) is 5.75 Å². The third-order valence-corrected chi connectivity index (χ3v) is 4.12. The number of nitrogens with one attached hydrogen (secondary N) is 1. The highest BCUT2D eigenvalue weighted by Crippen LogP contribution is 2.32. The monoisotopic (exact) mass is 251 g/mol. The van der Waals surface area contributed by atoms with Gasteiger partial charge in [0.15, 0.2) is 11.6 Å². The van der Waals surface area contributed by atoms with Gasteiger partial charge in [-0.3, -0.25) is 0 Å². The molecule has 3 heteroatoms. The highest BCUT2D eigenvalue weighted by atomic mass is 19.1. The van der Waals surface area contributed by atoms with Gasteiger partial charge in [-0.25, -0.2) is 4.39 Å². The molecule has 100 valence electrons. The molecule has 1 unspecified atom stereocenters. The molecule has 1 saturated heterocycles. The minimum Gasteiger partial charge on any atom is -0.494 e. The smallest absolute Gasteiger partial charge is 0.165 e. The molecule has 1 atom stereocenters. The lowest BCUT2D eigenvalue weighted by molar-refractivity contribution is 0.269. The molecular weight excluding hydrogens is 229 g/mol. The van der Waals surface area contributed by atoms with Gasteiger partial charge in [-0.2, -0.15) is 0 Å². The summed E-state index contributed by atoms with van der Waals surface area (Å²) < 4.78 is 18.7. The number of benzene rings is 1. The molecule has 1 aliphatic heterocycles. The van der Waals surface area contributed by atoms with Crippen molar-refractivity contribution in [1.29, 1.82) is 0 Å². The lowest BCUT2D eigenvalue weighted by Gasteiger charge is -2.34. The molecule has 1 heterocycles. The fraction of sp³-hybridized carbons (Fsp3) is 0.600. The number of halogens is 1. The molecule has 18 heavy (non-hydrogen) atoms. The van der Waals surface area contributed by atoms with E-state index in [4.69, 9.17) is 4.74 Å². The van der Waals surface area contributed by atoms with Crippen molar-refractivity contribution in [1.82, 2.24) is 5.32 Å². The first-order valence-corrected chi connectivity index (χ1v) is 6.65. The summed E-state index contributed by atoms with van der Waals surface area (Å²) in [5, 5.41) is 3.61. The number of hydrogen-bond donors (Lipinski definition) is 1. The van der Waals surface area contributed by atoms with Crippen molar-refractivity contribution in [3.05, 3.63) is 29.6 Å². The zero-order valence-corrected chi connectivity index (χ0v) is 11.4.